The minimum atomic E-state index is -0.696. The second kappa shape index (κ2) is 3.54. The lowest BCUT2D eigenvalue weighted by Crippen LogP contribution is -2.51. The van der Waals surface area contributed by atoms with Gasteiger partial charge in [-0.15, -0.1) is 0 Å². The molecule has 76 valence electrons. The number of halogens is 1. The first-order valence-corrected chi connectivity index (χ1v) is 5.02. The highest BCUT2D eigenvalue weighted by atomic mass is 35.5. The minimum absolute atomic E-state index is 0.414. The van der Waals surface area contributed by atoms with Crippen LogP contribution in [-0.4, -0.2) is 23.9 Å². The van der Waals surface area contributed by atoms with Crippen molar-refractivity contribution in [2.45, 2.75) is 18.9 Å². The van der Waals surface area contributed by atoms with E-state index in [1.807, 2.05) is 25.1 Å². The van der Waals surface area contributed by atoms with Gasteiger partial charge >= 0.3 is 0 Å². The van der Waals surface area contributed by atoms with Crippen LogP contribution in [0.4, 0.5) is 0 Å². The topological polar surface area (TPSA) is 29.5 Å². The van der Waals surface area contributed by atoms with E-state index < -0.39 is 5.60 Å². The predicted molar refractivity (Wildman–Crippen MR) is 55.7 cm³/mol. The number of hydrogen-bond donors (Lipinski definition) is 1. The molecular formula is C11H13ClO2. The molecule has 1 aliphatic heterocycles. The van der Waals surface area contributed by atoms with E-state index in [1.54, 1.807) is 0 Å². The Morgan fingerprint density at radius 2 is 2.21 bits per heavy atom. The summed E-state index contributed by atoms with van der Waals surface area (Å²) in [6.45, 7) is 2.82. The third-order valence-electron chi connectivity index (χ3n) is 2.47. The average molecular weight is 213 g/mol. The molecule has 3 heteroatoms. The van der Waals surface area contributed by atoms with Crippen LogP contribution in [0.1, 0.15) is 11.1 Å². The summed E-state index contributed by atoms with van der Waals surface area (Å²) >= 11 is 6.06. The monoisotopic (exact) mass is 212 g/mol. The zero-order valence-electron chi connectivity index (χ0n) is 8.09. The first kappa shape index (κ1) is 9.97. The lowest BCUT2D eigenvalue weighted by molar-refractivity contribution is -0.176. The van der Waals surface area contributed by atoms with Crippen molar-refractivity contribution in [3.63, 3.8) is 0 Å². The van der Waals surface area contributed by atoms with Gasteiger partial charge in [-0.3, -0.25) is 0 Å². The molecule has 0 saturated carbocycles. The second-order valence-corrected chi connectivity index (χ2v) is 4.40. The molecule has 0 aliphatic carbocycles. The van der Waals surface area contributed by atoms with Crippen LogP contribution in [-0.2, 0) is 11.2 Å². The van der Waals surface area contributed by atoms with E-state index >= 15 is 0 Å². The van der Waals surface area contributed by atoms with Gasteiger partial charge in [0.2, 0.25) is 0 Å². The van der Waals surface area contributed by atoms with E-state index in [1.165, 1.54) is 0 Å². The van der Waals surface area contributed by atoms with Gasteiger partial charge in [-0.25, -0.2) is 0 Å². The first-order chi connectivity index (χ1) is 6.59. The van der Waals surface area contributed by atoms with E-state index in [0.29, 0.717) is 19.6 Å². The zero-order valence-corrected chi connectivity index (χ0v) is 8.84. The van der Waals surface area contributed by atoms with Crippen LogP contribution in [0.2, 0.25) is 5.02 Å². The first-order valence-electron chi connectivity index (χ1n) is 4.64. The van der Waals surface area contributed by atoms with Crippen LogP contribution in [0.15, 0.2) is 18.2 Å². The molecular weight excluding hydrogens is 200 g/mol. The molecule has 1 aromatic rings. The molecule has 1 N–H and O–H groups in total. The summed E-state index contributed by atoms with van der Waals surface area (Å²) in [7, 11) is 0. The lowest BCUT2D eigenvalue weighted by atomic mass is 9.92. The fourth-order valence-electron chi connectivity index (χ4n) is 1.59. The maximum atomic E-state index is 9.87. The Morgan fingerprint density at radius 1 is 1.50 bits per heavy atom. The Morgan fingerprint density at radius 3 is 2.71 bits per heavy atom. The Labute approximate surface area is 88.5 Å². The van der Waals surface area contributed by atoms with E-state index in [-0.39, 0.29) is 0 Å². The summed E-state index contributed by atoms with van der Waals surface area (Å²) < 4.78 is 4.98. The number of benzene rings is 1. The molecule has 0 unspecified atom stereocenters. The molecule has 1 aromatic carbocycles. The van der Waals surface area contributed by atoms with Crippen LogP contribution >= 0.6 is 11.6 Å². The smallest absolute Gasteiger partial charge is 0.115 e. The number of aliphatic hydroxyl groups is 1. The molecule has 1 fully saturated rings. The maximum absolute atomic E-state index is 9.87. The molecule has 2 nitrogen and oxygen atoms in total. The van der Waals surface area contributed by atoms with Gasteiger partial charge in [0.05, 0.1) is 13.2 Å². The number of rotatable bonds is 2. The molecule has 2 rings (SSSR count). The van der Waals surface area contributed by atoms with Crippen molar-refractivity contribution in [3.05, 3.63) is 34.3 Å². The van der Waals surface area contributed by atoms with Crippen LogP contribution in [0.5, 0.6) is 0 Å². The molecule has 0 radical (unpaired) electrons. The summed E-state index contributed by atoms with van der Waals surface area (Å²) in [6, 6.07) is 5.89. The molecule has 1 heterocycles. The van der Waals surface area contributed by atoms with Gasteiger partial charge in [-0.1, -0.05) is 23.7 Å². The molecule has 1 saturated heterocycles. The fourth-order valence-corrected chi connectivity index (χ4v) is 1.89. The predicted octanol–water partition coefficient (Wildman–Crippen LogP) is 1.95. The Hall–Kier alpha value is -0.570. The van der Waals surface area contributed by atoms with Crippen molar-refractivity contribution in [1.29, 1.82) is 0 Å². The highest BCUT2D eigenvalue weighted by Crippen LogP contribution is 2.26. The van der Waals surface area contributed by atoms with E-state index in [2.05, 4.69) is 0 Å². The molecule has 0 amide bonds. The lowest BCUT2D eigenvalue weighted by Gasteiger charge is -2.36. The minimum Gasteiger partial charge on any atom is -0.385 e. The summed E-state index contributed by atoms with van der Waals surface area (Å²) in [4.78, 5) is 0. The van der Waals surface area contributed by atoms with Crippen molar-refractivity contribution >= 4 is 11.6 Å². The van der Waals surface area contributed by atoms with Crippen LogP contribution < -0.4 is 0 Å². The van der Waals surface area contributed by atoms with Crippen molar-refractivity contribution in [1.82, 2.24) is 0 Å². The summed E-state index contributed by atoms with van der Waals surface area (Å²) in [6.07, 6.45) is 0.576. The SMILES string of the molecule is Cc1ccc(CC2(O)COC2)c(Cl)c1. The van der Waals surface area contributed by atoms with Crippen molar-refractivity contribution < 1.29 is 9.84 Å². The molecule has 0 spiro atoms. The van der Waals surface area contributed by atoms with Crippen LogP contribution in [0, 0.1) is 6.92 Å². The van der Waals surface area contributed by atoms with Gasteiger partial charge in [0.25, 0.3) is 0 Å². The largest absolute Gasteiger partial charge is 0.385 e. The van der Waals surface area contributed by atoms with Crippen LogP contribution in [0.25, 0.3) is 0 Å². The number of ether oxygens (including phenoxy) is 1. The van der Waals surface area contributed by atoms with E-state index in [0.717, 1.165) is 16.1 Å². The molecule has 0 atom stereocenters. The summed E-state index contributed by atoms with van der Waals surface area (Å²) in [5.74, 6) is 0. The van der Waals surface area contributed by atoms with Gasteiger partial charge < -0.3 is 9.84 Å². The van der Waals surface area contributed by atoms with Crippen molar-refractivity contribution in [2.24, 2.45) is 0 Å². The van der Waals surface area contributed by atoms with Gasteiger partial charge in [-0.2, -0.15) is 0 Å². The Balaban J connectivity index is 2.16. The summed E-state index contributed by atoms with van der Waals surface area (Å²) in [5, 5.41) is 10.6. The fraction of sp³-hybridized carbons (Fsp3) is 0.455. The van der Waals surface area contributed by atoms with Gasteiger partial charge in [0.1, 0.15) is 5.60 Å². The van der Waals surface area contributed by atoms with Gasteiger partial charge in [0.15, 0.2) is 0 Å². The third kappa shape index (κ3) is 1.92. The Kier molecular flexibility index (Phi) is 2.52. The highest BCUT2D eigenvalue weighted by molar-refractivity contribution is 6.31. The number of aryl methyl sites for hydroxylation is 1. The molecule has 1 aliphatic rings. The maximum Gasteiger partial charge on any atom is 0.115 e. The molecule has 0 aromatic heterocycles. The van der Waals surface area contributed by atoms with Crippen molar-refractivity contribution in [2.75, 3.05) is 13.2 Å². The quantitative estimate of drug-likeness (QED) is 0.812. The summed E-state index contributed by atoms with van der Waals surface area (Å²) in [5.41, 5.74) is 1.43. The average Bonchev–Trinajstić information content (AvgIpc) is 2.07. The third-order valence-corrected chi connectivity index (χ3v) is 2.82. The Bertz CT molecular complexity index is 345. The second-order valence-electron chi connectivity index (χ2n) is 3.99. The van der Waals surface area contributed by atoms with E-state index in [4.69, 9.17) is 16.3 Å². The normalized spacial score (nSPS) is 19.1. The van der Waals surface area contributed by atoms with Crippen molar-refractivity contribution in [3.8, 4) is 0 Å². The molecule has 14 heavy (non-hydrogen) atoms. The number of hydrogen-bond acceptors (Lipinski definition) is 2. The molecule has 0 bridgehead atoms. The van der Waals surface area contributed by atoms with Gasteiger partial charge in [0, 0.05) is 11.4 Å². The van der Waals surface area contributed by atoms with E-state index in [9.17, 15) is 5.11 Å². The zero-order chi connectivity index (χ0) is 10.2. The van der Waals surface area contributed by atoms with Gasteiger partial charge in [-0.05, 0) is 24.1 Å². The standard InChI is InChI=1S/C11H13ClO2/c1-8-2-3-9(10(12)4-8)5-11(13)6-14-7-11/h2-4,13H,5-7H2,1H3. The van der Waals surface area contributed by atoms with Crippen LogP contribution in [0.3, 0.4) is 0 Å². The highest BCUT2D eigenvalue weighted by Gasteiger charge is 2.36.